The molecule has 1 aliphatic heterocycles. The number of benzene rings is 1. The van der Waals surface area contributed by atoms with E-state index in [0.29, 0.717) is 29.1 Å². The molecule has 9 nitrogen and oxygen atoms in total. The van der Waals surface area contributed by atoms with Crippen LogP contribution in [0.25, 0.3) is 11.0 Å². The lowest BCUT2D eigenvalue weighted by atomic mass is 9.89. The van der Waals surface area contributed by atoms with Gasteiger partial charge in [0.05, 0.1) is 12.0 Å². The number of carbonyl (C=O) groups is 2. The zero-order valence-corrected chi connectivity index (χ0v) is 18.3. The molecule has 3 aromatic rings. The molecule has 0 spiro atoms. The van der Waals surface area contributed by atoms with E-state index in [4.69, 9.17) is 9.47 Å². The Labute approximate surface area is 190 Å². The van der Waals surface area contributed by atoms with Gasteiger partial charge in [-0.3, -0.25) is 4.79 Å². The molecule has 9 heteroatoms. The van der Waals surface area contributed by atoms with Crippen LogP contribution in [0.2, 0.25) is 0 Å². The van der Waals surface area contributed by atoms with Crippen molar-refractivity contribution >= 4 is 22.9 Å². The van der Waals surface area contributed by atoms with Gasteiger partial charge in [0.15, 0.2) is 11.5 Å². The highest BCUT2D eigenvalue weighted by molar-refractivity contribution is 5.89. The van der Waals surface area contributed by atoms with Crippen molar-refractivity contribution in [2.24, 2.45) is 0 Å². The maximum Gasteiger partial charge on any atom is 0.326 e. The van der Waals surface area contributed by atoms with E-state index in [1.165, 1.54) is 0 Å². The van der Waals surface area contributed by atoms with Crippen LogP contribution in [0.1, 0.15) is 43.2 Å². The van der Waals surface area contributed by atoms with Crippen LogP contribution in [-0.4, -0.2) is 51.0 Å². The standard InChI is InChI=1S/C24H27N3O6/c1-2-3-6-18(28)21(14-7-8-19-20(11-14)33-13-32-19)23(29)27-17(24(30)31)10-15-12-26-22-16(15)5-4-9-25-22/h4-5,7-9,11-12,17-18,21,28H,2-3,6,10,13H2,1H3,(H,25,26)(H,27,29)(H,30,31)/t17-,18?,21?/m0/s1. The Balaban J connectivity index is 1.58. The normalized spacial score (nSPS) is 15.2. The fraction of sp³-hybridized carbons (Fsp3) is 0.375. The third-order valence-corrected chi connectivity index (χ3v) is 5.85. The van der Waals surface area contributed by atoms with Crippen LogP contribution in [0.15, 0.2) is 42.7 Å². The van der Waals surface area contributed by atoms with Gasteiger partial charge in [-0.05, 0) is 41.8 Å². The SMILES string of the molecule is CCCCC(O)C(C(=O)N[C@@H](Cc1c[nH]c2ncccc12)C(=O)O)c1ccc2c(c1)OCO2. The molecule has 1 amide bonds. The predicted molar refractivity (Wildman–Crippen MR) is 120 cm³/mol. The lowest BCUT2D eigenvalue weighted by Gasteiger charge is -2.25. The number of H-pyrrole nitrogens is 1. The van der Waals surface area contributed by atoms with Gasteiger partial charge in [0.25, 0.3) is 0 Å². The lowest BCUT2D eigenvalue weighted by Crippen LogP contribution is -2.46. The van der Waals surface area contributed by atoms with E-state index in [0.717, 1.165) is 23.8 Å². The third-order valence-electron chi connectivity index (χ3n) is 5.85. The zero-order valence-electron chi connectivity index (χ0n) is 18.3. The predicted octanol–water partition coefficient (Wildman–Crippen LogP) is 2.74. The molecular weight excluding hydrogens is 426 g/mol. The third kappa shape index (κ3) is 4.93. The molecule has 3 atom stereocenters. The quantitative estimate of drug-likeness (QED) is 0.371. The van der Waals surface area contributed by atoms with Crippen molar-refractivity contribution in [3.63, 3.8) is 0 Å². The van der Waals surface area contributed by atoms with Gasteiger partial charge in [-0.2, -0.15) is 0 Å². The molecule has 2 aromatic heterocycles. The number of pyridine rings is 1. The van der Waals surface area contributed by atoms with Gasteiger partial charge >= 0.3 is 5.97 Å². The molecule has 1 aromatic carbocycles. The number of carboxylic acids is 1. The van der Waals surface area contributed by atoms with Crippen LogP contribution in [0.4, 0.5) is 0 Å². The summed E-state index contributed by atoms with van der Waals surface area (Å²) in [7, 11) is 0. The first-order valence-corrected chi connectivity index (χ1v) is 11.0. The molecule has 0 saturated carbocycles. The molecule has 174 valence electrons. The molecule has 0 saturated heterocycles. The molecule has 0 bridgehead atoms. The maximum atomic E-state index is 13.3. The van der Waals surface area contributed by atoms with Crippen molar-refractivity contribution in [2.45, 2.75) is 50.7 Å². The Morgan fingerprint density at radius 1 is 1.24 bits per heavy atom. The summed E-state index contributed by atoms with van der Waals surface area (Å²) in [6.07, 6.45) is 4.45. The number of fused-ring (bicyclic) bond motifs is 2. The Hall–Kier alpha value is -3.59. The van der Waals surface area contributed by atoms with Gasteiger partial charge in [-0.1, -0.05) is 25.8 Å². The number of aliphatic carboxylic acids is 1. The van der Waals surface area contributed by atoms with Crippen LogP contribution in [-0.2, 0) is 16.0 Å². The minimum Gasteiger partial charge on any atom is -0.480 e. The molecule has 33 heavy (non-hydrogen) atoms. The number of nitrogens with one attached hydrogen (secondary N) is 2. The first-order valence-electron chi connectivity index (χ1n) is 11.0. The van der Waals surface area contributed by atoms with Gasteiger partial charge in [-0.15, -0.1) is 0 Å². The first kappa shape index (κ1) is 22.6. The Morgan fingerprint density at radius 3 is 2.85 bits per heavy atom. The number of hydrogen-bond donors (Lipinski definition) is 4. The largest absolute Gasteiger partial charge is 0.480 e. The summed E-state index contributed by atoms with van der Waals surface area (Å²) in [6, 6.07) is 7.51. The van der Waals surface area contributed by atoms with Crippen LogP contribution < -0.4 is 14.8 Å². The summed E-state index contributed by atoms with van der Waals surface area (Å²) >= 11 is 0. The van der Waals surface area contributed by atoms with E-state index in [9.17, 15) is 19.8 Å². The summed E-state index contributed by atoms with van der Waals surface area (Å²) in [6.45, 7) is 2.09. The number of aliphatic hydroxyl groups excluding tert-OH is 1. The second-order valence-corrected chi connectivity index (χ2v) is 8.12. The Morgan fingerprint density at radius 2 is 2.06 bits per heavy atom. The van der Waals surface area contributed by atoms with E-state index in [1.807, 2.05) is 13.0 Å². The van der Waals surface area contributed by atoms with E-state index < -0.39 is 29.9 Å². The number of carboxylic acid groups (broad SMARTS) is 1. The molecular formula is C24H27N3O6. The number of aliphatic hydroxyl groups is 1. The summed E-state index contributed by atoms with van der Waals surface area (Å²) in [5.41, 5.74) is 1.92. The van der Waals surface area contributed by atoms with Gasteiger partial charge < -0.3 is 30.0 Å². The minimum absolute atomic E-state index is 0.0751. The number of carbonyl (C=O) groups excluding carboxylic acids is 1. The molecule has 4 N–H and O–H groups in total. The zero-order chi connectivity index (χ0) is 23.4. The molecule has 1 aliphatic rings. The number of amides is 1. The summed E-state index contributed by atoms with van der Waals surface area (Å²) in [5.74, 6) is -1.60. The van der Waals surface area contributed by atoms with Crippen molar-refractivity contribution in [1.29, 1.82) is 0 Å². The Bertz CT molecular complexity index is 1140. The van der Waals surface area contributed by atoms with Crippen molar-refractivity contribution in [1.82, 2.24) is 15.3 Å². The molecule has 0 radical (unpaired) electrons. The van der Waals surface area contributed by atoms with E-state index in [-0.39, 0.29) is 13.2 Å². The average molecular weight is 453 g/mol. The van der Waals surface area contributed by atoms with Gasteiger partial charge in [-0.25, -0.2) is 9.78 Å². The second kappa shape index (κ2) is 9.91. The molecule has 0 aliphatic carbocycles. The van der Waals surface area contributed by atoms with Crippen molar-refractivity contribution < 1.29 is 29.3 Å². The van der Waals surface area contributed by atoms with Crippen LogP contribution in [0.3, 0.4) is 0 Å². The van der Waals surface area contributed by atoms with Crippen molar-refractivity contribution in [3.05, 3.63) is 53.9 Å². The van der Waals surface area contributed by atoms with Crippen LogP contribution in [0.5, 0.6) is 11.5 Å². The number of unbranched alkanes of at least 4 members (excludes halogenated alkanes) is 1. The van der Waals surface area contributed by atoms with Gasteiger partial charge in [0.2, 0.25) is 12.7 Å². The summed E-state index contributed by atoms with van der Waals surface area (Å²) < 4.78 is 10.8. The van der Waals surface area contributed by atoms with E-state index in [2.05, 4.69) is 15.3 Å². The molecule has 2 unspecified atom stereocenters. The molecule has 4 rings (SSSR count). The smallest absolute Gasteiger partial charge is 0.326 e. The van der Waals surface area contributed by atoms with Crippen LogP contribution in [0, 0.1) is 0 Å². The number of aromatic amines is 1. The number of ether oxygens (including phenoxy) is 2. The van der Waals surface area contributed by atoms with E-state index in [1.54, 1.807) is 36.7 Å². The maximum absolute atomic E-state index is 13.3. The van der Waals surface area contributed by atoms with Crippen LogP contribution >= 0.6 is 0 Å². The van der Waals surface area contributed by atoms with Gasteiger partial charge in [0, 0.05) is 24.2 Å². The molecule has 0 fully saturated rings. The average Bonchev–Trinajstić information content (AvgIpc) is 3.44. The van der Waals surface area contributed by atoms with Crippen molar-refractivity contribution in [2.75, 3.05) is 6.79 Å². The minimum atomic E-state index is -1.17. The van der Waals surface area contributed by atoms with E-state index >= 15 is 0 Å². The summed E-state index contributed by atoms with van der Waals surface area (Å²) in [5, 5.41) is 24.1. The van der Waals surface area contributed by atoms with Crippen molar-refractivity contribution in [3.8, 4) is 11.5 Å². The number of hydrogen-bond acceptors (Lipinski definition) is 6. The first-order chi connectivity index (χ1) is 16.0. The fourth-order valence-electron chi connectivity index (χ4n) is 4.10. The lowest BCUT2D eigenvalue weighted by molar-refractivity contribution is -0.142. The molecule has 3 heterocycles. The topological polar surface area (TPSA) is 134 Å². The monoisotopic (exact) mass is 453 g/mol. The second-order valence-electron chi connectivity index (χ2n) is 8.12. The number of nitrogens with zero attached hydrogens (tertiary/aromatic N) is 1. The van der Waals surface area contributed by atoms with Gasteiger partial charge in [0.1, 0.15) is 11.7 Å². The highest BCUT2D eigenvalue weighted by Gasteiger charge is 2.33. The highest BCUT2D eigenvalue weighted by Crippen LogP contribution is 2.36. The highest BCUT2D eigenvalue weighted by atomic mass is 16.7. The summed E-state index contributed by atoms with van der Waals surface area (Å²) in [4.78, 5) is 32.6. The Kier molecular flexibility index (Phi) is 6.79. The fourth-order valence-corrected chi connectivity index (χ4v) is 4.10. The number of aromatic nitrogens is 2. The number of rotatable bonds is 10.